The lowest BCUT2D eigenvalue weighted by Gasteiger charge is -2.44. The van der Waals surface area contributed by atoms with Crippen LogP contribution in [0, 0.1) is 0 Å². The average Bonchev–Trinajstić information content (AvgIpc) is 3.28. The number of benzene rings is 2. The number of methoxy groups -OCH3 is 2. The Bertz CT molecular complexity index is 1010. The second-order valence-electron chi connectivity index (χ2n) is 8.22. The van der Waals surface area contributed by atoms with Crippen molar-refractivity contribution in [1.82, 2.24) is 0 Å². The Hall–Kier alpha value is -2.93. The van der Waals surface area contributed by atoms with Crippen LogP contribution < -0.4 is 18.9 Å². The summed E-state index contributed by atoms with van der Waals surface area (Å²) in [5.74, 6) is 2.29. The van der Waals surface area contributed by atoms with E-state index in [1.165, 1.54) is 5.56 Å². The number of ether oxygens (including phenoxy) is 5. The molecule has 0 saturated carbocycles. The number of fused-ring (bicyclic) bond motifs is 3. The molecule has 0 bridgehead atoms. The molecule has 3 aliphatic rings. The van der Waals surface area contributed by atoms with Crippen LogP contribution in [0.15, 0.2) is 24.3 Å². The van der Waals surface area contributed by atoms with Crippen LogP contribution in [0.5, 0.6) is 23.0 Å². The van der Waals surface area contributed by atoms with Gasteiger partial charge in [0.2, 0.25) is 6.79 Å². The zero-order valence-electron chi connectivity index (χ0n) is 17.0. The topological polar surface area (TPSA) is 63.2 Å². The zero-order valence-corrected chi connectivity index (χ0v) is 17.0. The standard InChI is InChI=1S/C22H24NO6/c1-23(2)6-5-12-7-18-19(28-11-27-18)8-13(12)20(23)21-14-9-16(25-3)17(26-4)10-15(14)22(24)29-21/h7-10,20-21H,5-6,11H2,1-4H3/q+1. The Morgan fingerprint density at radius 3 is 2.38 bits per heavy atom. The van der Waals surface area contributed by atoms with Gasteiger partial charge in [0.05, 0.1) is 40.4 Å². The average molecular weight is 398 g/mol. The molecule has 0 aromatic heterocycles. The number of rotatable bonds is 3. The van der Waals surface area contributed by atoms with Gasteiger partial charge in [-0.25, -0.2) is 4.79 Å². The van der Waals surface area contributed by atoms with Crippen molar-refractivity contribution >= 4 is 5.97 Å². The Labute approximate surface area is 169 Å². The van der Waals surface area contributed by atoms with E-state index in [1.54, 1.807) is 20.3 Å². The summed E-state index contributed by atoms with van der Waals surface area (Å²) in [5, 5.41) is 0. The van der Waals surface area contributed by atoms with Crippen LogP contribution in [0.2, 0.25) is 0 Å². The molecule has 0 aliphatic carbocycles. The lowest BCUT2D eigenvalue weighted by Crippen LogP contribution is -2.50. The van der Waals surface area contributed by atoms with Crippen LogP contribution in [0.4, 0.5) is 0 Å². The van der Waals surface area contributed by atoms with Gasteiger partial charge in [0.15, 0.2) is 35.1 Å². The summed E-state index contributed by atoms with van der Waals surface area (Å²) < 4.78 is 28.7. The van der Waals surface area contributed by atoms with E-state index in [2.05, 4.69) is 20.2 Å². The highest BCUT2D eigenvalue weighted by Crippen LogP contribution is 2.51. The summed E-state index contributed by atoms with van der Waals surface area (Å²) >= 11 is 0. The molecule has 29 heavy (non-hydrogen) atoms. The van der Waals surface area contributed by atoms with Crippen molar-refractivity contribution in [3.05, 3.63) is 46.5 Å². The monoisotopic (exact) mass is 398 g/mol. The predicted molar refractivity (Wildman–Crippen MR) is 104 cm³/mol. The fourth-order valence-electron chi connectivity index (χ4n) is 4.73. The lowest BCUT2D eigenvalue weighted by atomic mass is 9.84. The van der Waals surface area contributed by atoms with E-state index >= 15 is 0 Å². The molecule has 0 fully saturated rings. The summed E-state index contributed by atoms with van der Waals surface area (Å²) in [6, 6.07) is 7.62. The van der Waals surface area contributed by atoms with Gasteiger partial charge in [-0.1, -0.05) is 0 Å². The molecule has 7 nitrogen and oxygen atoms in total. The summed E-state index contributed by atoms with van der Waals surface area (Å²) in [6.45, 7) is 1.16. The second kappa shape index (κ2) is 6.29. The molecule has 152 valence electrons. The molecule has 2 aromatic rings. The van der Waals surface area contributed by atoms with Crippen LogP contribution >= 0.6 is 0 Å². The summed E-state index contributed by atoms with van der Waals surface area (Å²) in [7, 11) is 7.49. The highest BCUT2D eigenvalue weighted by atomic mass is 16.7. The van der Waals surface area contributed by atoms with E-state index < -0.39 is 6.10 Å². The molecular formula is C22H24NO6+. The van der Waals surface area contributed by atoms with Crippen molar-refractivity contribution in [3.8, 4) is 23.0 Å². The van der Waals surface area contributed by atoms with Crippen molar-refractivity contribution < 1.29 is 33.0 Å². The number of esters is 1. The minimum absolute atomic E-state index is 0.0726. The molecule has 0 radical (unpaired) electrons. The molecule has 2 unspecified atom stereocenters. The molecule has 3 heterocycles. The van der Waals surface area contributed by atoms with E-state index in [9.17, 15) is 4.79 Å². The number of cyclic esters (lactones) is 1. The van der Waals surface area contributed by atoms with Crippen molar-refractivity contribution in [3.63, 3.8) is 0 Å². The van der Waals surface area contributed by atoms with E-state index in [0.717, 1.165) is 35.6 Å². The van der Waals surface area contributed by atoms with Crippen LogP contribution in [0.1, 0.15) is 39.2 Å². The highest BCUT2D eigenvalue weighted by Gasteiger charge is 2.49. The molecule has 3 aliphatic heterocycles. The number of hydrogen-bond donors (Lipinski definition) is 0. The molecule has 5 rings (SSSR count). The van der Waals surface area contributed by atoms with Gasteiger partial charge in [-0.2, -0.15) is 0 Å². The molecule has 2 aromatic carbocycles. The van der Waals surface area contributed by atoms with Crippen molar-refractivity contribution in [1.29, 1.82) is 0 Å². The number of carbonyl (C=O) groups excluding carboxylic acids is 1. The third-order valence-electron chi connectivity index (χ3n) is 6.27. The van der Waals surface area contributed by atoms with Crippen molar-refractivity contribution in [2.75, 3.05) is 41.7 Å². The SMILES string of the molecule is COc1cc2c(cc1OC)C(C1c3cc4c(cc3CC[N+]1(C)C)OCO4)OC2=O. The fourth-order valence-corrected chi connectivity index (χ4v) is 4.73. The molecule has 0 saturated heterocycles. The number of carbonyl (C=O) groups is 1. The number of hydrogen-bond acceptors (Lipinski definition) is 6. The molecule has 2 atom stereocenters. The smallest absolute Gasteiger partial charge is 0.339 e. The van der Waals surface area contributed by atoms with Gasteiger partial charge in [-0.15, -0.1) is 0 Å². The summed E-state index contributed by atoms with van der Waals surface area (Å²) in [4.78, 5) is 12.7. The Morgan fingerprint density at radius 2 is 1.66 bits per heavy atom. The Morgan fingerprint density at radius 1 is 0.966 bits per heavy atom. The van der Waals surface area contributed by atoms with E-state index in [4.69, 9.17) is 23.7 Å². The van der Waals surface area contributed by atoms with E-state index in [0.29, 0.717) is 21.5 Å². The molecule has 0 amide bonds. The van der Waals surface area contributed by atoms with E-state index in [-0.39, 0.29) is 18.8 Å². The van der Waals surface area contributed by atoms with Crippen LogP contribution in [0.25, 0.3) is 0 Å². The largest absolute Gasteiger partial charge is 0.493 e. The molecule has 0 spiro atoms. The summed E-state index contributed by atoms with van der Waals surface area (Å²) in [6.07, 6.45) is 0.501. The van der Waals surface area contributed by atoms with Crippen LogP contribution in [-0.4, -0.2) is 52.1 Å². The minimum atomic E-state index is -0.424. The third-order valence-corrected chi connectivity index (χ3v) is 6.27. The third kappa shape index (κ3) is 2.64. The predicted octanol–water partition coefficient (Wildman–Crippen LogP) is 3.02. The maximum atomic E-state index is 12.7. The first-order chi connectivity index (χ1) is 13.9. The number of nitrogens with zero attached hydrogens (tertiary/aromatic N) is 1. The number of likely N-dealkylation sites (N-methyl/N-ethyl adjacent to an activating group) is 1. The first kappa shape index (κ1) is 18.1. The van der Waals surface area contributed by atoms with Crippen LogP contribution in [-0.2, 0) is 11.2 Å². The van der Waals surface area contributed by atoms with Gasteiger partial charge in [0.25, 0.3) is 0 Å². The van der Waals surface area contributed by atoms with E-state index in [1.807, 2.05) is 12.1 Å². The molecule has 7 heteroatoms. The first-order valence-electron chi connectivity index (χ1n) is 9.65. The minimum Gasteiger partial charge on any atom is -0.493 e. The maximum Gasteiger partial charge on any atom is 0.339 e. The maximum absolute atomic E-state index is 12.7. The Balaban J connectivity index is 1.66. The van der Waals surface area contributed by atoms with Crippen molar-refractivity contribution in [2.45, 2.75) is 18.6 Å². The van der Waals surface area contributed by atoms with Gasteiger partial charge < -0.3 is 28.2 Å². The van der Waals surface area contributed by atoms with Gasteiger partial charge in [0.1, 0.15) is 0 Å². The van der Waals surface area contributed by atoms with Crippen molar-refractivity contribution in [2.24, 2.45) is 0 Å². The van der Waals surface area contributed by atoms with Gasteiger partial charge in [-0.05, 0) is 29.8 Å². The van der Waals surface area contributed by atoms with Gasteiger partial charge in [-0.3, -0.25) is 0 Å². The van der Waals surface area contributed by atoms with Gasteiger partial charge in [0, 0.05) is 17.5 Å². The normalized spacial score (nSPS) is 23.2. The first-order valence-corrected chi connectivity index (χ1v) is 9.65. The zero-order chi connectivity index (χ0) is 20.3. The fraction of sp³-hybridized carbons (Fsp3) is 0.409. The van der Waals surface area contributed by atoms with Gasteiger partial charge >= 0.3 is 5.97 Å². The quantitative estimate of drug-likeness (QED) is 0.585. The molecular weight excluding hydrogens is 374 g/mol. The number of quaternary nitrogens is 1. The Kier molecular flexibility index (Phi) is 3.93. The summed E-state index contributed by atoms with van der Waals surface area (Å²) in [5.41, 5.74) is 3.70. The highest BCUT2D eigenvalue weighted by molar-refractivity contribution is 5.95. The van der Waals surface area contributed by atoms with Crippen LogP contribution in [0.3, 0.4) is 0 Å². The second-order valence-corrected chi connectivity index (χ2v) is 8.22. The molecule has 0 N–H and O–H groups in total. The lowest BCUT2D eigenvalue weighted by molar-refractivity contribution is -0.927.